The zero-order valence-electron chi connectivity index (χ0n) is 12.3. The molecule has 7 heteroatoms. The van der Waals surface area contributed by atoms with Gasteiger partial charge in [-0.05, 0) is 43.0 Å². The number of nitrogens with zero attached hydrogens (tertiary/aromatic N) is 1. The summed E-state index contributed by atoms with van der Waals surface area (Å²) in [5.74, 6) is 0.432. The zero-order valence-corrected chi connectivity index (χ0v) is 13.1. The van der Waals surface area contributed by atoms with Crippen molar-refractivity contribution >= 4 is 15.9 Å². The molecule has 3 N–H and O–H groups in total. The maximum atomic E-state index is 12.4. The number of methoxy groups -OCH3 is 1. The van der Waals surface area contributed by atoms with Gasteiger partial charge in [0.15, 0.2) is 0 Å². The van der Waals surface area contributed by atoms with E-state index in [0.717, 1.165) is 18.4 Å². The Kier molecular flexibility index (Phi) is 5.58. The highest BCUT2D eigenvalue weighted by Gasteiger charge is 2.27. The lowest BCUT2D eigenvalue weighted by Crippen LogP contribution is -2.42. The molecular weight excluding hydrogens is 290 g/mol. The van der Waals surface area contributed by atoms with Crippen LogP contribution in [0.4, 0.5) is 5.69 Å². The molecule has 0 unspecified atom stereocenters. The number of hydrogen-bond acceptors (Lipinski definition) is 4. The van der Waals surface area contributed by atoms with Crippen LogP contribution in [-0.4, -0.2) is 39.5 Å². The van der Waals surface area contributed by atoms with Crippen LogP contribution in [0.2, 0.25) is 0 Å². The molecule has 1 aliphatic heterocycles. The Labute approximate surface area is 126 Å². The third-order valence-corrected chi connectivity index (χ3v) is 5.27. The molecule has 0 atom stereocenters. The van der Waals surface area contributed by atoms with E-state index < -0.39 is 10.2 Å². The van der Waals surface area contributed by atoms with Crippen LogP contribution in [0.15, 0.2) is 24.3 Å². The summed E-state index contributed by atoms with van der Waals surface area (Å²) in [4.78, 5) is 0. The summed E-state index contributed by atoms with van der Waals surface area (Å²) < 4.78 is 33.9. The van der Waals surface area contributed by atoms with Gasteiger partial charge in [-0.1, -0.05) is 12.1 Å². The van der Waals surface area contributed by atoms with Crippen LogP contribution in [0.3, 0.4) is 0 Å². The Hall–Kier alpha value is -1.15. The molecule has 2 rings (SSSR count). The maximum absolute atomic E-state index is 12.4. The summed E-state index contributed by atoms with van der Waals surface area (Å²) in [6.45, 7) is 2.13. The van der Waals surface area contributed by atoms with Crippen molar-refractivity contribution in [1.29, 1.82) is 0 Å². The van der Waals surface area contributed by atoms with Gasteiger partial charge in [0.1, 0.15) is 0 Å². The number of ether oxygens (including phenoxy) is 1. The highest BCUT2D eigenvalue weighted by atomic mass is 32.2. The average molecular weight is 313 g/mol. The van der Waals surface area contributed by atoms with E-state index in [1.807, 2.05) is 12.1 Å². The molecule has 0 aliphatic carbocycles. The molecule has 1 saturated heterocycles. The van der Waals surface area contributed by atoms with E-state index in [-0.39, 0.29) is 0 Å². The number of anilines is 1. The molecule has 0 amide bonds. The van der Waals surface area contributed by atoms with Gasteiger partial charge in [0, 0.05) is 20.2 Å². The molecule has 1 aromatic carbocycles. The second-order valence-electron chi connectivity index (χ2n) is 5.32. The Morgan fingerprint density at radius 3 is 2.71 bits per heavy atom. The number of benzene rings is 1. The van der Waals surface area contributed by atoms with Crippen LogP contribution in [0.5, 0.6) is 0 Å². The lowest BCUT2D eigenvalue weighted by atomic mass is 9.99. The van der Waals surface area contributed by atoms with Gasteiger partial charge in [-0.3, -0.25) is 4.72 Å². The summed E-state index contributed by atoms with van der Waals surface area (Å²) in [5, 5.41) is 0. The van der Waals surface area contributed by atoms with E-state index in [2.05, 4.69) is 4.72 Å². The number of rotatable bonds is 6. The molecule has 1 heterocycles. The Morgan fingerprint density at radius 1 is 1.38 bits per heavy atom. The molecule has 1 aliphatic rings. The van der Waals surface area contributed by atoms with Gasteiger partial charge < -0.3 is 10.5 Å². The van der Waals surface area contributed by atoms with E-state index in [0.29, 0.717) is 37.8 Å². The number of hydrogen-bond donors (Lipinski definition) is 2. The molecule has 6 nitrogen and oxygen atoms in total. The van der Waals surface area contributed by atoms with Crippen molar-refractivity contribution in [2.45, 2.75) is 19.4 Å². The molecule has 21 heavy (non-hydrogen) atoms. The third-order valence-electron chi connectivity index (χ3n) is 3.73. The number of piperidine rings is 1. The summed E-state index contributed by atoms with van der Waals surface area (Å²) in [6.07, 6.45) is 1.64. The zero-order chi connectivity index (χ0) is 15.3. The van der Waals surface area contributed by atoms with E-state index in [1.54, 1.807) is 19.2 Å². The maximum Gasteiger partial charge on any atom is 0.301 e. The van der Waals surface area contributed by atoms with E-state index in [1.165, 1.54) is 4.31 Å². The van der Waals surface area contributed by atoms with Gasteiger partial charge >= 0.3 is 10.2 Å². The van der Waals surface area contributed by atoms with Crippen molar-refractivity contribution in [1.82, 2.24) is 4.31 Å². The monoisotopic (exact) mass is 313 g/mol. The van der Waals surface area contributed by atoms with Crippen LogP contribution in [0, 0.1) is 5.92 Å². The molecular formula is C14H23N3O3S. The largest absolute Gasteiger partial charge is 0.380 e. The Bertz CT molecular complexity index is 554. The second-order valence-corrected chi connectivity index (χ2v) is 6.99. The van der Waals surface area contributed by atoms with Gasteiger partial charge in [0.2, 0.25) is 0 Å². The van der Waals surface area contributed by atoms with E-state index >= 15 is 0 Å². The highest BCUT2D eigenvalue weighted by Crippen LogP contribution is 2.20. The van der Waals surface area contributed by atoms with Crippen LogP contribution in [0.1, 0.15) is 18.4 Å². The molecule has 0 saturated carbocycles. The fourth-order valence-electron chi connectivity index (χ4n) is 2.49. The van der Waals surface area contributed by atoms with Crippen molar-refractivity contribution < 1.29 is 13.2 Å². The van der Waals surface area contributed by atoms with Crippen molar-refractivity contribution in [3.8, 4) is 0 Å². The van der Waals surface area contributed by atoms with Gasteiger partial charge in [-0.15, -0.1) is 0 Å². The molecule has 0 spiro atoms. The van der Waals surface area contributed by atoms with Crippen molar-refractivity contribution in [2.75, 3.05) is 31.5 Å². The SMILES string of the molecule is COCc1cccc(NS(=O)(=O)N2CCC(CN)CC2)c1. The molecule has 118 valence electrons. The van der Waals surface area contributed by atoms with E-state index in [4.69, 9.17) is 10.5 Å². The number of nitrogens with two attached hydrogens (primary N) is 1. The van der Waals surface area contributed by atoms with Crippen LogP contribution >= 0.6 is 0 Å². The minimum Gasteiger partial charge on any atom is -0.380 e. The summed E-state index contributed by atoms with van der Waals surface area (Å²) >= 11 is 0. The predicted molar refractivity (Wildman–Crippen MR) is 83.0 cm³/mol. The lowest BCUT2D eigenvalue weighted by Gasteiger charge is -2.30. The molecule has 0 aromatic heterocycles. The Morgan fingerprint density at radius 2 is 2.10 bits per heavy atom. The molecule has 0 radical (unpaired) electrons. The highest BCUT2D eigenvalue weighted by molar-refractivity contribution is 7.90. The first-order chi connectivity index (χ1) is 10.0. The predicted octanol–water partition coefficient (Wildman–Crippen LogP) is 1.16. The molecule has 1 fully saturated rings. The smallest absolute Gasteiger partial charge is 0.301 e. The first-order valence-electron chi connectivity index (χ1n) is 7.11. The summed E-state index contributed by atoms with van der Waals surface area (Å²) in [5.41, 5.74) is 7.12. The Balaban J connectivity index is 2.02. The minimum atomic E-state index is -3.50. The number of nitrogens with one attached hydrogen (secondary N) is 1. The van der Waals surface area contributed by atoms with E-state index in [9.17, 15) is 8.42 Å². The van der Waals surface area contributed by atoms with Gasteiger partial charge in [-0.2, -0.15) is 12.7 Å². The van der Waals surface area contributed by atoms with Crippen LogP contribution in [0.25, 0.3) is 0 Å². The van der Waals surface area contributed by atoms with Crippen LogP contribution in [-0.2, 0) is 21.6 Å². The first kappa shape index (κ1) is 16.2. The fourth-order valence-corrected chi connectivity index (χ4v) is 3.74. The minimum absolute atomic E-state index is 0.432. The third kappa shape index (κ3) is 4.41. The lowest BCUT2D eigenvalue weighted by molar-refractivity contribution is 0.185. The molecule has 1 aromatic rings. The fraction of sp³-hybridized carbons (Fsp3) is 0.571. The summed E-state index contributed by atoms with van der Waals surface area (Å²) in [6, 6.07) is 7.23. The average Bonchev–Trinajstić information content (AvgIpc) is 2.47. The second kappa shape index (κ2) is 7.22. The van der Waals surface area contributed by atoms with Crippen molar-refractivity contribution in [3.05, 3.63) is 29.8 Å². The van der Waals surface area contributed by atoms with Gasteiger partial charge in [-0.25, -0.2) is 0 Å². The quantitative estimate of drug-likeness (QED) is 0.825. The van der Waals surface area contributed by atoms with Crippen molar-refractivity contribution in [2.24, 2.45) is 11.7 Å². The summed E-state index contributed by atoms with van der Waals surface area (Å²) in [7, 11) is -1.89. The normalized spacial score (nSPS) is 17.8. The van der Waals surface area contributed by atoms with Crippen molar-refractivity contribution in [3.63, 3.8) is 0 Å². The topological polar surface area (TPSA) is 84.7 Å². The molecule has 0 bridgehead atoms. The van der Waals surface area contributed by atoms with Gasteiger partial charge in [0.05, 0.1) is 12.3 Å². The van der Waals surface area contributed by atoms with Crippen LogP contribution < -0.4 is 10.5 Å². The first-order valence-corrected chi connectivity index (χ1v) is 8.55. The van der Waals surface area contributed by atoms with Gasteiger partial charge in [0.25, 0.3) is 0 Å². The standard InChI is InChI=1S/C14H23N3O3S/c1-20-11-13-3-2-4-14(9-13)16-21(18,19)17-7-5-12(10-15)6-8-17/h2-4,9,12,16H,5-8,10-11,15H2,1H3.